The first-order chi connectivity index (χ1) is 5.16. The lowest BCUT2D eigenvalue weighted by Crippen LogP contribution is -2.24. The highest BCUT2D eigenvalue weighted by Gasteiger charge is 1.97. The van der Waals surface area contributed by atoms with Crippen LogP contribution < -0.4 is 5.32 Å². The van der Waals surface area contributed by atoms with Crippen LogP contribution in [0.4, 0.5) is 4.79 Å². The maximum Gasteiger partial charge on any atom is 0.406 e. The van der Waals surface area contributed by atoms with Crippen molar-refractivity contribution in [3.8, 4) is 0 Å². The van der Waals surface area contributed by atoms with Gasteiger partial charge in [-0.15, -0.1) is 0 Å². The van der Waals surface area contributed by atoms with E-state index in [0.717, 1.165) is 12.8 Å². The fraction of sp³-hybridized carbons (Fsp3) is 0.875. The van der Waals surface area contributed by atoms with Gasteiger partial charge in [0, 0.05) is 7.97 Å². The number of alkyl carbamates (subject to hydrolysis) is 1. The average molecular weight is 161 g/mol. The van der Waals surface area contributed by atoms with E-state index in [2.05, 4.69) is 23.9 Å². The van der Waals surface area contributed by atoms with Gasteiger partial charge < -0.3 is 10.1 Å². The molecule has 3 heteroatoms. The van der Waals surface area contributed by atoms with Crippen LogP contribution in [0, 0.1) is 5.92 Å². The zero-order valence-corrected chi connectivity index (χ0v) is 7.52. The molecular weight excluding hydrogens is 142 g/mol. The van der Waals surface area contributed by atoms with E-state index in [1.165, 1.54) is 7.11 Å². The predicted molar refractivity (Wildman–Crippen MR) is 46.6 cm³/mol. The molecule has 11 heavy (non-hydrogen) atoms. The molecule has 0 atom stereocenters. The Morgan fingerprint density at radius 1 is 1.64 bits per heavy atom. The maximum absolute atomic E-state index is 10.5. The van der Waals surface area contributed by atoms with Gasteiger partial charge in [0.2, 0.25) is 0 Å². The number of ether oxygens (including phenoxy) is 1. The number of methoxy groups -OCH3 is 1. The molecule has 0 bridgehead atoms. The summed E-state index contributed by atoms with van der Waals surface area (Å²) >= 11 is 0. The number of carbonyl (C=O) groups is 1. The summed E-state index contributed by atoms with van der Waals surface area (Å²) in [5.41, 5.74) is 0. The van der Waals surface area contributed by atoms with Crippen molar-refractivity contribution in [2.75, 3.05) is 13.7 Å². The lowest BCUT2D eigenvalue weighted by Gasteiger charge is -2.04. The van der Waals surface area contributed by atoms with Crippen LogP contribution in [0.25, 0.3) is 0 Å². The molecule has 0 aromatic rings. The highest BCUT2D eigenvalue weighted by Crippen LogP contribution is 2.01. The van der Waals surface area contributed by atoms with Crippen LogP contribution in [0.1, 0.15) is 28.1 Å². The normalized spacial score (nSPS) is 9.82. The lowest BCUT2D eigenvalue weighted by atomic mass is 10.1. The second kappa shape index (κ2) is 6.01. The molecule has 0 aliphatic heterocycles. The zero-order valence-electron chi connectivity index (χ0n) is 7.52. The second-order valence-corrected chi connectivity index (χ2v) is 2.95. The molecule has 1 amide bonds. The molecule has 3 nitrogen and oxygen atoms in total. The van der Waals surface area contributed by atoms with Crippen LogP contribution in [-0.4, -0.2) is 19.7 Å². The third-order valence-corrected chi connectivity index (χ3v) is 1.41. The maximum atomic E-state index is 10.5. The fourth-order valence-corrected chi connectivity index (χ4v) is 0.773. The SMILES string of the molecule is COC(=O)NCCCC(C)C.[HH]. The molecule has 0 saturated carbocycles. The standard InChI is InChI=1S/C8H17NO2.H2/c1-7(2)5-4-6-9-8(10)11-3;/h7H,4-6H2,1-3H3,(H,9,10);1H. The largest absolute Gasteiger partial charge is 0.453 e. The van der Waals surface area contributed by atoms with Gasteiger partial charge in [0.25, 0.3) is 0 Å². The summed E-state index contributed by atoms with van der Waals surface area (Å²) in [7, 11) is 1.37. The van der Waals surface area contributed by atoms with Crippen LogP contribution in [0.15, 0.2) is 0 Å². The molecule has 0 fully saturated rings. The van der Waals surface area contributed by atoms with E-state index < -0.39 is 0 Å². The van der Waals surface area contributed by atoms with E-state index in [1.54, 1.807) is 0 Å². The van der Waals surface area contributed by atoms with Crippen molar-refractivity contribution in [3.63, 3.8) is 0 Å². The van der Waals surface area contributed by atoms with E-state index in [1.807, 2.05) is 0 Å². The smallest absolute Gasteiger partial charge is 0.406 e. The number of nitrogens with one attached hydrogen (secondary N) is 1. The fourth-order valence-electron chi connectivity index (χ4n) is 0.773. The summed E-state index contributed by atoms with van der Waals surface area (Å²) in [6.45, 7) is 5.04. The Morgan fingerprint density at radius 2 is 2.27 bits per heavy atom. The topological polar surface area (TPSA) is 38.3 Å². The van der Waals surface area contributed by atoms with Gasteiger partial charge in [-0.1, -0.05) is 13.8 Å². The summed E-state index contributed by atoms with van der Waals surface area (Å²) in [6, 6.07) is 0. The summed E-state index contributed by atoms with van der Waals surface area (Å²) in [5, 5.41) is 2.63. The summed E-state index contributed by atoms with van der Waals surface area (Å²) < 4.78 is 4.41. The molecule has 0 aliphatic carbocycles. The molecule has 0 unspecified atom stereocenters. The van der Waals surface area contributed by atoms with E-state index in [4.69, 9.17) is 0 Å². The minimum absolute atomic E-state index is 0. The Balaban J connectivity index is 0. The van der Waals surface area contributed by atoms with Gasteiger partial charge in [0.1, 0.15) is 0 Å². The second-order valence-electron chi connectivity index (χ2n) is 2.95. The van der Waals surface area contributed by atoms with Crippen molar-refractivity contribution in [2.24, 2.45) is 5.92 Å². The van der Waals surface area contributed by atoms with E-state index in [9.17, 15) is 4.79 Å². The average Bonchev–Trinajstić information content (AvgIpc) is 1.97. The van der Waals surface area contributed by atoms with Crippen LogP contribution in [0.2, 0.25) is 0 Å². The lowest BCUT2D eigenvalue weighted by molar-refractivity contribution is 0.170. The monoisotopic (exact) mass is 161 g/mol. The van der Waals surface area contributed by atoms with Crippen LogP contribution in [0.3, 0.4) is 0 Å². The molecular formula is C8H19NO2. The minimum atomic E-state index is -0.339. The van der Waals surface area contributed by atoms with Crippen molar-refractivity contribution >= 4 is 6.09 Å². The van der Waals surface area contributed by atoms with Gasteiger partial charge in [-0.3, -0.25) is 0 Å². The van der Waals surface area contributed by atoms with Gasteiger partial charge >= 0.3 is 6.09 Å². The third kappa shape index (κ3) is 7.16. The van der Waals surface area contributed by atoms with Gasteiger partial charge in [0.15, 0.2) is 0 Å². The van der Waals surface area contributed by atoms with Crippen LogP contribution >= 0.6 is 0 Å². The number of hydrogen-bond donors (Lipinski definition) is 1. The van der Waals surface area contributed by atoms with Crippen LogP contribution in [0.5, 0.6) is 0 Å². The first-order valence-electron chi connectivity index (χ1n) is 3.98. The zero-order chi connectivity index (χ0) is 8.69. The Morgan fingerprint density at radius 3 is 2.73 bits per heavy atom. The van der Waals surface area contributed by atoms with E-state index in [0.29, 0.717) is 12.5 Å². The Bertz CT molecular complexity index is 118. The van der Waals surface area contributed by atoms with Gasteiger partial charge in [-0.2, -0.15) is 0 Å². The molecule has 0 rings (SSSR count). The predicted octanol–water partition coefficient (Wildman–Crippen LogP) is 2.02. The van der Waals surface area contributed by atoms with Crippen molar-refractivity contribution in [1.82, 2.24) is 5.32 Å². The van der Waals surface area contributed by atoms with Crippen molar-refractivity contribution in [1.29, 1.82) is 0 Å². The molecule has 1 N–H and O–H groups in total. The minimum Gasteiger partial charge on any atom is -0.453 e. The Kier molecular flexibility index (Phi) is 5.61. The van der Waals surface area contributed by atoms with Crippen molar-refractivity contribution in [2.45, 2.75) is 26.7 Å². The number of rotatable bonds is 4. The Hall–Kier alpha value is -0.730. The first-order valence-corrected chi connectivity index (χ1v) is 3.98. The highest BCUT2D eigenvalue weighted by atomic mass is 16.5. The molecule has 0 heterocycles. The summed E-state index contributed by atoms with van der Waals surface area (Å²) in [4.78, 5) is 10.5. The van der Waals surface area contributed by atoms with Gasteiger partial charge in [0.05, 0.1) is 7.11 Å². The summed E-state index contributed by atoms with van der Waals surface area (Å²) in [5.74, 6) is 0.703. The Labute approximate surface area is 69.6 Å². The molecule has 0 saturated heterocycles. The molecule has 0 aliphatic rings. The molecule has 0 aromatic carbocycles. The third-order valence-electron chi connectivity index (χ3n) is 1.41. The van der Waals surface area contributed by atoms with E-state index >= 15 is 0 Å². The quantitative estimate of drug-likeness (QED) is 0.641. The number of carbonyl (C=O) groups excluding carboxylic acids is 1. The molecule has 0 aromatic heterocycles. The van der Waals surface area contributed by atoms with Crippen molar-refractivity contribution in [3.05, 3.63) is 0 Å². The highest BCUT2D eigenvalue weighted by molar-refractivity contribution is 5.66. The molecule has 0 spiro atoms. The number of hydrogen-bond acceptors (Lipinski definition) is 2. The van der Waals surface area contributed by atoms with Gasteiger partial charge in [-0.25, -0.2) is 4.79 Å². The van der Waals surface area contributed by atoms with Crippen molar-refractivity contribution < 1.29 is 11.0 Å². The summed E-state index contributed by atoms with van der Waals surface area (Å²) in [6.07, 6.45) is 1.82. The van der Waals surface area contributed by atoms with Crippen LogP contribution in [-0.2, 0) is 4.74 Å². The number of amides is 1. The first kappa shape index (κ1) is 10.3. The van der Waals surface area contributed by atoms with E-state index in [-0.39, 0.29) is 7.52 Å². The van der Waals surface area contributed by atoms with Gasteiger partial charge in [-0.05, 0) is 18.8 Å². The molecule has 68 valence electrons. The molecule has 0 radical (unpaired) electrons.